The summed E-state index contributed by atoms with van der Waals surface area (Å²) in [7, 11) is 0. The third-order valence-corrected chi connectivity index (χ3v) is 5.31. The summed E-state index contributed by atoms with van der Waals surface area (Å²) in [5.41, 5.74) is 3.42. The van der Waals surface area contributed by atoms with E-state index in [1.54, 1.807) is 18.6 Å². The van der Waals surface area contributed by atoms with Gasteiger partial charge in [0.15, 0.2) is 17.3 Å². The van der Waals surface area contributed by atoms with E-state index < -0.39 is 5.82 Å². The van der Waals surface area contributed by atoms with E-state index in [2.05, 4.69) is 36.6 Å². The highest BCUT2D eigenvalue weighted by atomic mass is 19.1. The Bertz CT molecular complexity index is 1150. The molecule has 0 spiro atoms. The van der Waals surface area contributed by atoms with Gasteiger partial charge in [-0.25, -0.2) is 28.8 Å². The van der Waals surface area contributed by atoms with Gasteiger partial charge in [0.25, 0.3) is 0 Å². The zero-order valence-corrected chi connectivity index (χ0v) is 16.3. The first-order valence-electron chi connectivity index (χ1n) is 10.0. The summed E-state index contributed by atoms with van der Waals surface area (Å²) in [6.45, 7) is 2.15. The van der Waals surface area contributed by atoms with Crippen LogP contribution in [0.5, 0.6) is 0 Å². The summed E-state index contributed by atoms with van der Waals surface area (Å²) in [6.07, 6.45) is 9.92. The highest BCUT2D eigenvalue weighted by Gasteiger charge is 2.16. The highest BCUT2D eigenvalue weighted by molar-refractivity contribution is 5.62. The number of imidazole rings is 1. The number of piperidine rings is 1. The molecule has 1 aliphatic heterocycles. The summed E-state index contributed by atoms with van der Waals surface area (Å²) in [6, 6.07) is 6.91. The van der Waals surface area contributed by atoms with E-state index in [1.165, 1.54) is 31.2 Å². The molecule has 0 radical (unpaired) electrons. The first kappa shape index (κ1) is 18.6. The Morgan fingerprint density at radius 2 is 1.87 bits per heavy atom. The molecule has 0 atom stereocenters. The van der Waals surface area contributed by atoms with Crippen LogP contribution in [0.3, 0.4) is 0 Å². The van der Waals surface area contributed by atoms with Crippen LogP contribution in [-0.2, 0) is 6.42 Å². The normalized spacial score (nSPS) is 14.8. The molecule has 0 unspecified atom stereocenters. The molecule has 0 amide bonds. The van der Waals surface area contributed by atoms with E-state index in [0.717, 1.165) is 42.1 Å². The number of aromatic nitrogens is 6. The van der Waals surface area contributed by atoms with Crippen molar-refractivity contribution in [2.45, 2.75) is 19.3 Å². The van der Waals surface area contributed by atoms with Crippen molar-refractivity contribution in [2.75, 3.05) is 18.4 Å². The Hall–Kier alpha value is -3.46. The average Bonchev–Trinajstić information content (AvgIpc) is 3.20. The molecule has 1 saturated heterocycles. The fraction of sp³-hybridized carbons (Fsp3) is 0.286. The molecule has 5 heterocycles. The molecule has 30 heavy (non-hydrogen) atoms. The number of hydrogen-bond acceptors (Lipinski definition) is 7. The van der Waals surface area contributed by atoms with Crippen LogP contribution in [0, 0.1) is 11.7 Å². The highest BCUT2D eigenvalue weighted by Crippen LogP contribution is 2.22. The minimum atomic E-state index is -0.461. The van der Waals surface area contributed by atoms with Crippen LogP contribution >= 0.6 is 0 Å². The van der Waals surface area contributed by atoms with Gasteiger partial charge in [0, 0.05) is 24.2 Å². The molecule has 4 aromatic heterocycles. The summed E-state index contributed by atoms with van der Waals surface area (Å²) in [5, 5.41) is 11.0. The molecule has 152 valence electrons. The van der Waals surface area contributed by atoms with Gasteiger partial charge in [-0.2, -0.15) is 5.10 Å². The molecule has 0 saturated carbocycles. The van der Waals surface area contributed by atoms with E-state index in [9.17, 15) is 4.39 Å². The molecule has 2 N–H and O–H groups in total. The molecule has 9 heteroatoms. The molecule has 4 aromatic rings. The van der Waals surface area contributed by atoms with E-state index in [4.69, 9.17) is 5.10 Å². The first-order chi connectivity index (χ1) is 14.8. The lowest BCUT2D eigenvalue weighted by Crippen LogP contribution is -2.28. The zero-order valence-electron chi connectivity index (χ0n) is 16.3. The minimum Gasteiger partial charge on any atom is -0.317 e. The Balaban J connectivity index is 1.38. The predicted molar refractivity (Wildman–Crippen MR) is 111 cm³/mol. The van der Waals surface area contributed by atoms with Crippen molar-refractivity contribution in [3.05, 3.63) is 60.6 Å². The number of rotatable bonds is 5. The van der Waals surface area contributed by atoms with Crippen LogP contribution in [-0.4, -0.2) is 42.6 Å². The van der Waals surface area contributed by atoms with Gasteiger partial charge in [0.2, 0.25) is 5.95 Å². The second kappa shape index (κ2) is 8.11. The molecular formula is C21H21FN8. The van der Waals surface area contributed by atoms with Gasteiger partial charge in [-0.15, -0.1) is 0 Å². The smallest absolute Gasteiger partial charge is 0.228 e. The number of nitrogens with zero attached hydrogens (tertiary/aromatic N) is 6. The van der Waals surface area contributed by atoms with Crippen LogP contribution in [0.2, 0.25) is 0 Å². The van der Waals surface area contributed by atoms with Gasteiger partial charge < -0.3 is 10.6 Å². The van der Waals surface area contributed by atoms with Crippen molar-refractivity contribution < 1.29 is 4.39 Å². The third-order valence-electron chi connectivity index (χ3n) is 5.31. The topological polar surface area (TPSA) is 92.9 Å². The van der Waals surface area contributed by atoms with Crippen LogP contribution < -0.4 is 10.6 Å². The van der Waals surface area contributed by atoms with Crippen LogP contribution in [0.25, 0.3) is 16.9 Å². The summed E-state index contributed by atoms with van der Waals surface area (Å²) in [5.74, 6) is 0.551. The lowest BCUT2D eigenvalue weighted by atomic mass is 9.93. The lowest BCUT2D eigenvalue weighted by Gasteiger charge is -2.22. The van der Waals surface area contributed by atoms with Crippen molar-refractivity contribution in [2.24, 2.45) is 5.92 Å². The van der Waals surface area contributed by atoms with Crippen molar-refractivity contribution in [3.63, 3.8) is 0 Å². The summed E-state index contributed by atoms with van der Waals surface area (Å²) < 4.78 is 15.6. The fourth-order valence-electron chi connectivity index (χ4n) is 3.71. The Morgan fingerprint density at radius 3 is 2.67 bits per heavy atom. The Morgan fingerprint density at radius 1 is 1.03 bits per heavy atom. The van der Waals surface area contributed by atoms with Gasteiger partial charge in [-0.3, -0.25) is 0 Å². The second-order valence-corrected chi connectivity index (χ2v) is 7.39. The standard InChI is InChI=1S/C21H21FN8/c22-17-2-1-7-24-20(17)28-21-26-11-15(12-27-21)18-13-25-19-4-3-16(29-30(18)19)10-14-5-8-23-9-6-14/h1-4,7,11-14,23H,5-6,8-10H2,(H,24,26,27,28). The van der Waals surface area contributed by atoms with Gasteiger partial charge in [-0.05, 0) is 62.5 Å². The number of pyridine rings is 1. The van der Waals surface area contributed by atoms with Crippen molar-refractivity contribution in [3.8, 4) is 11.3 Å². The van der Waals surface area contributed by atoms with Crippen molar-refractivity contribution in [1.82, 2.24) is 34.9 Å². The van der Waals surface area contributed by atoms with Crippen LogP contribution in [0.4, 0.5) is 16.2 Å². The minimum absolute atomic E-state index is 0.0873. The fourth-order valence-corrected chi connectivity index (χ4v) is 3.71. The SMILES string of the molecule is Fc1cccnc1Nc1ncc(-c2cnc3ccc(CC4CCNCC4)nn23)cn1. The number of nitrogens with one attached hydrogen (secondary N) is 2. The Labute approximate surface area is 172 Å². The van der Waals surface area contributed by atoms with E-state index in [0.29, 0.717) is 5.92 Å². The van der Waals surface area contributed by atoms with Gasteiger partial charge >= 0.3 is 0 Å². The molecule has 1 fully saturated rings. The molecule has 0 bridgehead atoms. The molecule has 0 aliphatic carbocycles. The molecule has 0 aromatic carbocycles. The quantitative estimate of drug-likeness (QED) is 0.528. The maximum atomic E-state index is 13.8. The van der Waals surface area contributed by atoms with E-state index >= 15 is 0 Å². The summed E-state index contributed by atoms with van der Waals surface area (Å²) in [4.78, 5) is 17.0. The van der Waals surface area contributed by atoms with Gasteiger partial charge in [-0.1, -0.05) is 0 Å². The van der Waals surface area contributed by atoms with Crippen LogP contribution in [0.15, 0.2) is 49.1 Å². The van der Waals surface area contributed by atoms with Gasteiger partial charge in [0.05, 0.1) is 17.6 Å². The monoisotopic (exact) mass is 404 g/mol. The van der Waals surface area contributed by atoms with E-state index in [-0.39, 0.29) is 11.8 Å². The van der Waals surface area contributed by atoms with E-state index in [1.807, 2.05) is 10.6 Å². The molecule has 1 aliphatic rings. The van der Waals surface area contributed by atoms with Crippen LogP contribution in [0.1, 0.15) is 18.5 Å². The largest absolute Gasteiger partial charge is 0.317 e. The maximum absolute atomic E-state index is 13.8. The number of anilines is 2. The second-order valence-electron chi connectivity index (χ2n) is 7.39. The summed E-state index contributed by atoms with van der Waals surface area (Å²) >= 11 is 0. The Kier molecular flexibility index (Phi) is 5.02. The third kappa shape index (κ3) is 3.84. The van der Waals surface area contributed by atoms with Gasteiger partial charge in [0.1, 0.15) is 0 Å². The zero-order chi connectivity index (χ0) is 20.3. The first-order valence-corrected chi connectivity index (χ1v) is 10.0. The molecule has 5 rings (SSSR count). The predicted octanol–water partition coefficient (Wildman–Crippen LogP) is 3.01. The van der Waals surface area contributed by atoms with Crippen molar-refractivity contribution in [1.29, 1.82) is 0 Å². The lowest BCUT2D eigenvalue weighted by molar-refractivity contribution is 0.369. The number of halogens is 1. The number of fused-ring (bicyclic) bond motifs is 1. The molecule has 8 nitrogen and oxygen atoms in total. The maximum Gasteiger partial charge on any atom is 0.228 e. The molecular weight excluding hydrogens is 383 g/mol. The van der Waals surface area contributed by atoms with Crippen molar-refractivity contribution >= 4 is 17.4 Å². The number of hydrogen-bond donors (Lipinski definition) is 2. The average molecular weight is 404 g/mol.